The molecule has 1 heterocycles. The fraction of sp³-hybridized carbons (Fsp3) is 0.333. The summed E-state index contributed by atoms with van der Waals surface area (Å²) in [6, 6.07) is 8.85. The fourth-order valence-electron chi connectivity index (χ4n) is 3.07. The SMILES string of the molecule is CC(C)NC(=O)N(Cc1cccc(F)c1)C[C@@H]1CC(c2ccc(F)cc2F)=NO1. The molecule has 0 spiro atoms. The van der Waals surface area contributed by atoms with Crippen molar-refractivity contribution in [2.24, 2.45) is 5.16 Å². The number of carbonyl (C=O) groups is 1. The lowest BCUT2D eigenvalue weighted by atomic mass is 10.0. The van der Waals surface area contributed by atoms with Crippen molar-refractivity contribution >= 4 is 11.7 Å². The Hall–Kier alpha value is -3.03. The van der Waals surface area contributed by atoms with E-state index in [0.29, 0.717) is 11.3 Å². The molecule has 0 fully saturated rings. The molecule has 0 radical (unpaired) electrons. The minimum Gasteiger partial charge on any atom is -0.390 e. The van der Waals surface area contributed by atoms with Crippen molar-refractivity contribution in [2.45, 2.75) is 39.0 Å². The Bertz CT molecular complexity index is 918. The Morgan fingerprint density at radius 2 is 1.97 bits per heavy atom. The summed E-state index contributed by atoms with van der Waals surface area (Å²) in [6.07, 6.45) is -0.238. The number of nitrogens with one attached hydrogen (secondary N) is 1. The molecule has 0 aromatic heterocycles. The van der Waals surface area contributed by atoms with Crippen LogP contribution in [-0.2, 0) is 11.4 Å². The first-order chi connectivity index (χ1) is 13.8. The van der Waals surface area contributed by atoms with Crippen LogP contribution in [0.25, 0.3) is 0 Å². The minimum absolute atomic E-state index is 0.0814. The topological polar surface area (TPSA) is 53.9 Å². The first-order valence-electron chi connectivity index (χ1n) is 9.30. The van der Waals surface area contributed by atoms with Crippen LogP contribution in [-0.4, -0.2) is 35.3 Å². The molecular formula is C21H22F3N3O2. The van der Waals surface area contributed by atoms with Crippen LogP contribution in [0.2, 0.25) is 0 Å². The summed E-state index contributed by atoms with van der Waals surface area (Å²) in [6.45, 7) is 4.02. The van der Waals surface area contributed by atoms with Gasteiger partial charge in [0, 0.05) is 30.6 Å². The van der Waals surface area contributed by atoms with Gasteiger partial charge in [-0.1, -0.05) is 17.3 Å². The molecule has 3 rings (SSSR count). The van der Waals surface area contributed by atoms with E-state index in [2.05, 4.69) is 10.5 Å². The van der Waals surface area contributed by atoms with Gasteiger partial charge in [0.05, 0.1) is 12.3 Å². The lowest BCUT2D eigenvalue weighted by molar-refractivity contribution is 0.0586. The van der Waals surface area contributed by atoms with Crippen molar-refractivity contribution in [3.8, 4) is 0 Å². The van der Waals surface area contributed by atoms with Gasteiger partial charge in [-0.15, -0.1) is 0 Å². The molecule has 1 atom stereocenters. The zero-order chi connectivity index (χ0) is 21.0. The molecule has 2 aromatic carbocycles. The lowest BCUT2D eigenvalue weighted by Crippen LogP contribution is -2.45. The van der Waals surface area contributed by atoms with E-state index in [9.17, 15) is 18.0 Å². The van der Waals surface area contributed by atoms with Crippen molar-refractivity contribution in [2.75, 3.05) is 6.54 Å². The van der Waals surface area contributed by atoms with Gasteiger partial charge < -0.3 is 15.1 Å². The highest BCUT2D eigenvalue weighted by molar-refractivity contribution is 6.01. The van der Waals surface area contributed by atoms with Crippen molar-refractivity contribution in [3.63, 3.8) is 0 Å². The molecule has 1 aliphatic heterocycles. The van der Waals surface area contributed by atoms with Gasteiger partial charge in [0.1, 0.15) is 17.5 Å². The number of urea groups is 1. The summed E-state index contributed by atoms with van der Waals surface area (Å²) in [7, 11) is 0. The number of benzene rings is 2. The van der Waals surface area contributed by atoms with Crippen LogP contribution in [0.5, 0.6) is 0 Å². The molecule has 29 heavy (non-hydrogen) atoms. The minimum atomic E-state index is -0.720. The maximum Gasteiger partial charge on any atom is 0.318 e. The summed E-state index contributed by atoms with van der Waals surface area (Å²) in [4.78, 5) is 19.5. The third-order valence-corrected chi connectivity index (χ3v) is 4.36. The average molecular weight is 405 g/mol. The van der Waals surface area contributed by atoms with E-state index in [-0.39, 0.29) is 43.0 Å². The van der Waals surface area contributed by atoms with E-state index < -0.39 is 17.7 Å². The van der Waals surface area contributed by atoms with Crippen LogP contribution >= 0.6 is 0 Å². The number of amides is 2. The third kappa shape index (κ3) is 5.49. The van der Waals surface area contributed by atoms with Crippen LogP contribution in [0.1, 0.15) is 31.4 Å². The maximum absolute atomic E-state index is 14.0. The second-order valence-electron chi connectivity index (χ2n) is 7.21. The van der Waals surface area contributed by atoms with Gasteiger partial charge in [-0.2, -0.15) is 0 Å². The van der Waals surface area contributed by atoms with Crippen molar-refractivity contribution in [3.05, 3.63) is 71.0 Å². The molecule has 5 nitrogen and oxygen atoms in total. The molecule has 1 N–H and O–H groups in total. The quantitative estimate of drug-likeness (QED) is 0.783. The van der Waals surface area contributed by atoms with Gasteiger partial charge in [-0.3, -0.25) is 0 Å². The smallest absolute Gasteiger partial charge is 0.318 e. The van der Waals surface area contributed by atoms with Gasteiger partial charge in [-0.05, 0) is 43.7 Å². The summed E-state index contributed by atoms with van der Waals surface area (Å²) >= 11 is 0. The number of oxime groups is 1. The molecule has 0 unspecified atom stereocenters. The first-order valence-corrected chi connectivity index (χ1v) is 9.30. The fourth-order valence-corrected chi connectivity index (χ4v) is 3.07. The van der Waals surface area contributed by atoms with Crippen LogP contribution in [0.15, 0.2) is 47.6 Å². The summed E-state index contributed by atoms with van der Waals surface area (Å²) < 4.78 is 40.6. The molecule has 2 aromatic rings. The van der Waals surface area contributed by atoms with Gasteiger partial charge >= 0.3 is 6.03 Å². The van der Waals surface area contributed by atoms with Gasteiger partial charge in [0.15, 0.2) is 6.10 Å². The Kier molecular flexibility index (Phi) is 6.41. The highest BCUT2D eigenvalue weighted by Gasteiger charge is 2.28. The second-order valence-corrected chi connectivity index (χ2v) is 7.21. The highest BCUT2D eigenvalue weighted by atomic mass is 19.1. The normalized spacial score (nSPS) is 15.8. The second kappa shape index (κ2) is 8.98. The van der Waals surface area contributed by atoms with E-state index in [0.717, 1.165) is 12.1 Å². The van der Waals surface area contributed by atoms with Crippen LogP contribution in [0, 0.1) is 17.5 Å². The molecule has 0 saturated heterocycles. The first kappa shape index (κ1) is 20.7. The number of carbonyl (C=O) groups excluding carboxylic acids is 1. The zero-order valence-corrected chi connectivity index (χ0v) is 16.2. The lowest BCUT2D eigenvalue weighted by Gasteiger charge is -2.26. The third-order valence-electron chi connectivity index (χ3n) is 4.36. The Morgan fingerprint density at radius 1 is 1.21 bits per heavy atom. The summed E-state index contributed by atoms with van der Waals surface area (Å²) in [5.41, 5.74) is 1.15. The van der Waals surface area contributed by atoms with Gasteiger partial charge in [0.25, 0.3) is 0 Å². The Morgan fingerprint density at radius 3 is 2.66 bits per heavy atom. The standard InChI is InChI=1S/C21H22F3N3O2/c1-13(2)25-21(28)27(11-14-4-3-5-15(22)8-14)12-17-10-20(26-29-17)18-7-6-16(23)9-19(18)24/h3-9,13,17H,10-12H2,1-2H3,(H,25,28)/t17-/m0/s1. The number of halogens is 3. The van der Waals surface area contributed by atoms with E-state index in [1.165, 1.54) is 23.1 Å². The van der Waals surface area contributed by atoms with Crippen LogP contribution < -0.4 is 5.32 Å². The van der Waals surface area contributed by atoms with E-state index in [1.54, 1.807) is 12.1 Å². The van der Waals surface area contributed by atoms with Gasteiger partial charge in [0.2, 0.25) is 0 Å². The summed E-state index contributed by atoms with van der Waals surface area (Å²) in [5.74, 6) is -1.78. The van der Waals surface area contributed by atoms with E-state index >= 15 is 0 Å². The Labute approximate surface area is 167 Å². The summed E-state index contributed by atoms with van der Waals surface area (Å²) in [5, 5.41) is 6.72. The molecule has 2 amide bonds. The Balaban J connectivity index is 1.70. The molecule has 0 saturated carbocycles. The van der Waals surface area contributed by atoms with E-state index in [4.69, 9.17) is 4.84 Å². The average Bonchev–Trinajstić information content (AvgIpc) is 3.09. The van der Waals surface area contributed by atoms with E-state index in [1.807, 2.05) is 13.8 Å². The van der Waals surface area contributed by atoms with Crippen molar-refractivity contribution in [1.29, 1.82) is 0 Å². The largest absolute Gasteiger partial charge is 0.390 e. The zero-order valence-electron chi connectivity index (χ0n) is 16.2. The molecule has 1 aliphatic rings. The number of hydrogen-bond acceptors (Lipinski definition) is 3. The molecule has 154 valence electrons. The number of nitrogens with zero attached hydrogens (tertiary/aromatic N) is 2. The number of rotatable bonds is 6. The highest BCUT2D eigenvalue weighted by Crippen LogP contribution is 2.21. The number of hydrogen-bond donors (Lipinski definition) is 1. The molecular weight excluding hydrogens is 383 g/mol. The van der Waals surface area contributed by atoms with Crippen molar-refractivity contribution in [1.82, 2.24) is 10.2 Å². The molecule has 0 aliphatic carbocycles. The van der Waals surface area contributed by atoms with Crippen LogP contribution in [0.4, 0.5) is 18.0 Å². The molecule has 8 heteroatoms. The maximum atomic E-state index is 14.0. The monoisotopic (exact) mass is 405 g/mol. The predicted octanol–water partition coefficient (Wildman–Crippen LogP) is 4.22. The van der Waals surface area contributed by atoms with Crippen LogP contribution in [0.3, 0.4) is 0 Å². The van der Waals surface area contributed by atoms with Gasteiger partial charge in [-0.25, -0.2) is 18.0 Å². The molecule has 0 bridgehead atoms. The predicted molar refractivity (Wildman–Crippen MR) is 103 cm³/mol. The van der Waals surface area contributed by atoms with Crippen molar-refractivity contribution < 1.29 is 22.8 Å².